The Morgan fingerprint density at radius 1 is 1.30 bits per heavy atom. The Morgan fingerprint density at radius 3 is 2.17 bits per heavy atom. The van der Waals surface area contributed by atoms with Crippen molar-refractivity contribution in [3.8, 4) is 18.4 Å². The van der Waals surface area contributed by atoms with Gasteiger partial charge in [0.1, 0.15) is 6.79 Å². The lowest BCUT2D eigenvalue weighted by molar-refractivity contribution is -0.0979. The maximum atomic E-state index is 8.44. The zero-order valence-corrected chi connectivity index (χ0v) is 14.1. The highest BCUT2D eigenvalue weighted by Gasteiger charge is 2.07. The number of hydrogen-bond acceptors (Lipinski definition) is 5. The number of ether oxygens (including phenoxy) is 1. The number of nitrogens with zero attached hydrogens (tertiary/aromatic N) is 3. The summed E-state index contributed by atoms with van der Waals surface area (Å²) in [4.78, 5) is 8.00. The highest BCUT2D eigenvalue weighted by Crippen LogP contribution is 2.00. The molecule has 2 rings (SSSR count). The van der Waals surface area contributed by atoms with Crippen LogP contribution >= 0.6 is 0 Å². The molecule has 0 bridgehead atoms. The minimum Gasteiger partial charge on any atom is -0.388 e. The molecule has 1 aliphatic rings. The summed E-state index contributed by atoms with van der Waals surface area (Å²) >= 11 is 0. The summed E-state index contributed by atoms with van der Waals surface area (Å²) in [6, 6.07) is 9.79. The smallest absolute Gasteiger partial charge is 0.151 e. The first kappa shape index (κ1) is 22.4. The second-order valence-electron chi connectivity index (χ2n) is 4.22. The normalized spacial score (nSPS) is 13.7. The van der Waals surface area contributed by atoms with Crippen molar-refractivity contribution in [2.24, 2.45) is 5.10 Å². The van der Waals surface area contributed by atoms with E-state index in [-0.39, 0.29) is 6.04 Å². The number of allylic oxidation sites excluding steroid dienone is 1. The van der Waals surface area contributed by atoms with Crippen molar-refractivity contribution in [3.63, 3.8) is 0 Å². The second kappa shape index (κ2) is 15.5. The molecular weight excluding hydrogens is 290 g/mol. The predicted molar refractivity (Wildman–Crippen MR) is 94.0 cm³/mol. The number of hydrazone groups is 1. The number of aryl methyl sites for hydroxylation is 1. The molecule has 0 aliphatic carbocycles. The van der Waals surface area contributed by atoms with E-state index in [4.69, 9.17) is 16.5 Å². The summed E-state index contributed by atoms with van der Waals surface area (Å²) in [5.41, 5.74) is 2.19. The van der Waals surface area contributed by atoms with Crippen LogP contribution in [0.15, 0.2) is 41.5 Å². The summed E-state index contributed by atoms with van der Waals surface area (Å²) in [5, 5.41) is 13.9. The fraction of sp³-hybridized carbons (Fsp3) is 0.278. The van der Waals surface area contributed by atoms with Crippen LogP contribution in [0, 0.1) is 30.6 Å². The summed E-state index contributed by atoms with van der Waals surface area (Å²) in [6.45, 7) is 4.04. The first-order chi connectivity index (χ1) is 11.1. The highest BCUT2D eigenvalue weighted by atomic mass is 16.4. The molecule has 0 amide bonds. The van der Waals surface area contributed by atoms with E-state index in [0.29, 0.717) is 0 Å². The van der Waals surface area contributed by atoms with E-state index >= 15 is 0 Å². The van der Waals surface area contributed by atoms with E-state index in [1.165, 1.54) is 5.56 Å². The Kier molecular flexibility index (Phi) is 15.1. The van der Waals surface area contributed by atoms with Crippen molar-refractivity contribution in [1.29, 1.82) is 5.26 Å². The summed E-state index contributed by atoms with van der Waals surface area (Å²) in [7, 11) is 5.02. The number of methoxy groups -OCH3 is 1. The molecule has 0 saturated carbocycles. The number of likely N-dealkylation sites (N-methyl/N-ethyl adjacent to an activating group) is 1. The van der Waals surface area contributed by atoms with Gasteiger partial charge < -0.3 is 9.53 Å². The maximum Gasteiger partial charge on any atom is 0.151 e. The van der Waals surface area contributed by atoms with Crippen LogP contribution in [0.1, 0.15) is 11.1 Å². The molecule has 1 unspecified atom stereocenters. The molecule has 1 aromatic rings. The van der Waals surface area contributed by atoms with E-state index in [1.807, 2.05) is 38.0 Å². The van der Waals surface area contributed by atoms with Crippen molar-refractivity contribution >= 4 is 13.0 Å². The first-order valence-electron chi connectivity index (χ1n) is 6.64. The Hall–Kier alpha value is -2.89. The van der Waals surface area contributed by atoms with E-state index < -0.39 is 0 Å². The Balaban J connectivity index is 0. The average molecular weight is 313 g/mol. The SMILES string of the molecule is C#Cc1ccc(C)cc1.C=O.CN1N=CC=CC1C#N.COC. The van der Waals surface area contributed by atoms with Gasteiger partial charge in [-0.25, -0.2) is 0 Å². The van der Waals surface area contributed by atoms with E-state index in [0.717, 1.165) is 5.56 Å². The standard InChI is InChI=1S/C9H8.C6H7N3.C2H6O.CH2O/c1-3-9-6-4-8(2)5-7-9;1-9-6(5-7)3-2-4-8-9;1-3-2;1-2/h1,4-7H,2H3;2-4,6H,1H3;1-2H3;1H2. The Morgan fingerprint density at radius 2 is 1.83 bits per heavy atom. The molecule has 0 radical (unpaired) electrons. The number of carbonyl (C=O) groups excluding carboxylic acids is 1. The zero-order valence-electron chi connectivity index (χ0n) is 14.1. The second-order valence-corrected chi connectivity index (χ2v) is 4.22. The summed E-state index contributed by atoms with van der Waals surface area (Å²) < 4.78 is 4.25. The monoisotopic (exact) mass is 313 g/mol. The lowest BCUT2D eigenvalue weighted by Gasteiger charge is -2.17. The minimum atomic E-state index is -0.185. The number of terminal acetylenes is 1. The molecular formula is C18H23N3O2. The highest BCUT2D eigenvalue weighted by molar-refractivity contribution is 5.72. The van der Waals surface area contributed by atoms with Gasteiger partial charge in [-0.1, -0.05) is 23.6 Å². The summed E-state index contributed by atoms with van der Waals surface area (Å²) in [6.07, 6.45) is 10.4. The molecule has 1 aromatic carbocycles. The van der Waals surface area contributed by atoms with Gasteiger partial charge in [-0.15, -0.1) is 6.42 Å². The van der Waals surface area contributed by atoms with Crippen molar-refractivity contribution in [2.75, 3.05) is 21.3 Å². The predicted octanol–water partition coefficient (Wildman–Crippen LogP) is 2.42. The first-order valence-corrected chi connectivity index (χ1v) is 6.64. The third-order valence-electron chi connectivity index (χ3n) is 2.38. The van der Waals surface area contributed by atoms with Gasteiger partial charge in [0.05, 0.1) is 6.07 Å². The van der Waals surface area contributed by atoms with Gasteiger partial charge in [-0.3, -0.25) is 5.01 Å². The van der Waals surface area contributed by atoms with Crippen LogP contribution in [0.4, 0.5) is 0 Å². The molecule has 0 N–H and O–H groups in total. The Labute approximate surface area is 138 Å². The van der Waals surface area contributed by atoms with Gasteiger partial charge in [0.25, 0.3) is 0 Å². The molecule has 1 heterocycles. The molecule has 0 fully saturated rings. The van der Waals surface area contributed by atoms with E-state index in [1.54, 1.807) is 44.6 Å². The molecule has 1 atom stereocenters. The van der Waals surface area contributed by atoms with Gasteiger partial charge in [0.15, 0.2) is 6.04 Å². The fourth-order valence-electron chi connectivity index (χ4n) is 1.27. The quantitative estimate of drug-likeness (QED) is 0.690. The molecule has 0 aromatic heterocycles. The van der Waals surface area contributed by atoms with Crippen LogP contribution in [0.25, 0.3) is 0 Å². The molecule has 0 saturated heterocycles. The zero-order chi connectivity index (χ0) is 18.1. The molecule has 122 valence electrons. The fourth-order valence-corrected chi connectivity index (χ4v) is 1.27. The van der Waals surface area contributed by atoms with Crippen molar-refractivity contribution in [2.45, 2.75) is 13.0 Å². The van der Waals surface area contributed by atoms with Crippen molar-refractivity contribution < 1.29 is 9.53 Å². The van der Waals surface area contributed by atoms with Gasteiger partial charge in [-0.05, 0) is 31.2 Å². The lowest BCUT2D eigenvalue weighted by Crippen LogP contribution is -2.25. The largest absolute Gasteiger partial charge is 0.388 e. The van der Waals surface area contributed by atoms with Crippen LogP contribution in [0.3, 0.4) is 0 Å². The molecule has 5 nitrogen and oxygen atoms in total. The van der Waals surface area contributed by atoms with Gasteiger partial charge in [0.2, 0.25) is 0 Å². The topological polar surface area (TPSA) is 65.7 Å². The molecule has 23 heavy (non-hydrogen) atoms. The van der Waals surface area contributed by atoms with Gasteiger partial charge in [-0.2, -0.15) is 10.4 Å². The van der Waals surface area contributed by atoms with E-state index in [2.05, 4.69) is 21.8 Å². The molecule has 5 heteroatoms. The lowest BCUT2D eigenvalue weighted by atomic mass is 10.2. The van der Waals surface area contributed by atoms with E-state index in [9.17, 15) is 0 Å². The summed E-state index contributed by atoms with van der Waals surface area (Å²) in [5.74, 6) is 2.55. The van der Waals surface area contributed by atoms with Crippen LogP contribution in [0.2, 0.25) is 0 Å². The number of nitriles is 1. The van der Waals surface area contributed by atoms with Crippen LogP contribution in [-0.4, -0.2) is 45.3 Å². The van der Waals surface area contributed by atoms with Gasteiger partial charge in [0, 0.05) is 33.0 Å². The Bertz CT molecular complexity index is 551. The third kappa shape index (κ3) is 11.4. The number of hydrogen-bond donors (Lipinski definition) is 0. The average Bonchev–Trinajstić information content (AvgIpc) is 2.59. The van der Waals surface area contributed by atoms with Crippen LogP contribution in [0.5, 0.6) is 0 Å². The molecule has 0 spiro atoms. The minimum absolute atomic E-state index is 0.185. The maximum absolute atomic E-state index is 8.44. The van der Waals surface area contributed by atoms with Crippen molar-refractivity contribution in [1.82, 2.24) is 5.01 Å². The number of benzene rings is 1. The number of carbonyl (C=O) groups is 1. The van der Waals surface area contributed by atoms with Gasteiger partial charge >= 0.3 is 0 Å². The third-order valence-corrected chi connectivity index (χ3v) is 2.38. The van der Waals surface area contributed by atoms with Crippen molar-refractivity contribution in [3.05, 3.63) is 47.5 Å². The van der Waals surface area contributed by atoms with Crippen LogP contribution < -0.4 is 0 Å². The molecule has 1 aliphatic heterocycles. The number of rotatable bonds is 0. The van der Waals surface area contributed by atoms with Crippen LogP contribution in [-0.2, 0) is 9.53 Å².